The van der Waals surface area contributed by atoms with Crippen LogP contribution in [0.5, 0.6) is 0 Å². The molecule has 1 aliphatic carbocycles. The average molecular weight is 159 g/mol. The summed E-state index contributed by atoms with van der Waals surface area (Å²) in [4.78, 5) is 0. The summed E-state index contributed by atoms with van der Waals surface area (Å²) in [7, 11) is 0. The summed E-state index contributed by atoms with van der Waals surface area (Å²) in [5.74, 6) is 0. The predicted octanol–water partition coefficient (Wildman–Crippen LogP) is -1.80. The molecule has 2 fully saturated rings. The lowest BCUT2D eigenvalue weighted by Crippen LogP contribution is -2.77. The molecular weight excluding hydrogens is 146 g/mol. The zero-order valence-electron chi connectivity index (χ0n) is 6.20. The summed E-state index contributed by atoms with van der Waals surface area (Å²) in [6, 6.07) is 0. The Morgan fingerprint density at radius 1 is 1.18 bits per heavy atom. The summed E-state index contributed by atoms with van der Waals surface area (Å²) in [5, 5.41) is 30.8. The Bertz CT molecular complexity index is 155. The minimum Gasteiger partial charge on any atom is -0.388 e. The van der Waals surface area contributed by atoms with Gasteiger partial charge in [-0.25, -0.2) is 0 Å². The van der Waals surface area contributed by atoms with Gasteiger partial charge in [-0.15, -0.1) is 0 Å². The molecule has 0 amide bonds. The van der Waals surface area contributed by atoms with Gasteiger partial charge in [0.05, 0.1) is 5.54 Å². The molecule has 1 heterocycles. The molecule has 2 rings (SSSR count). The quantitative estimate of drug-likeness (QED) is 0.337. The van der Waals surface area contributed by atoms with Crippen molar-refractivity contribution in [2.45, 2.75) is 36.7 Å². The van der Waals surface area contributed by atoms with E-state index >= 15 is 0 Å². The van der Waals surface area contributed by atoms with Crippen LogP contribution in [-0.2, 0) is 0 Å². The highest BCUT2D eigenvalue weighted by atomic mass is 16.4. The Kier molecular flexibility index (Phi) is 1.47. The van der Waals surface area contributed by atoms with Crippen molar-refractivity contribution in [3.8, 4) is 0 Å². The number of nitrogens with one attached hydrogen (secondary N) is 1. The number of hydrogen-bond donors (Lipinski definition) is 4. The maximum Gasteiger partial charge on any atom is 0.110 e. The Morgan fingerprint density at radius 2 is 1.82 bits per heavy atom. The van der Waals surface area contributed by atoms with Gasteiger partial charge in [0.2, 0.25) is 0 Å². The van der Waals surface area contributed by atoms with Crippen LogP contribution in [0.2, 0.25) is 0 Å². The average Bonchev–Trinajstić information content (AvgIpc) is 2.51. The molecule has 4 atom stereocenters. The van der Waals surface area contributed by atoms with Crippen LogP contribution in [0.4, 0.5) is 0 Å². The molecule has 2 aliphatic rings. The maximum atomic E-state index is 9.36. The van der Waals surface area contributed by atoms with E-state index in [-0.39, 0.29) is 0 Å². The second kappa shape index (κ2) is 2.17. The molecule has 2 unspecified atom stereocenters. The predicted molar refractivity (Wildman–Crippen MR) is 38.0 cm³/mol. The van der Waals surface area contributed by atoms with Crippen molar-refractivity contribution in [3.05, 3.63) is 0 Å². The van der Waals surface area contributed by atoms with Gasteiger partial charge in [-0.05, 0) is 19.4 Å². The normalized spacial score (nSPS) is 56.5. The molecule has 4 N–H and O–H groups in total. The third kappa shape index (κ3) is 0.727. The van der Waals surface area contributed by atoms with Gasteiger partial charge in [0.1, 0.15) is 18.3 Å². The molecule has 4 heteroatoms. The Hall–Kier alpha value is -0.160. The van der Waals surface area contributed by atoms with Gasteiger partial charge in [0, 0.05) is 0 Å². The van der Waals surface area contributed by atoms with Crippen molar-refractivity contribution in [2.24, 2.45) is 0 Å². The van der Waals surface area contributed by atoms with Crippen LogP contribution in [0.1, 0.15) is 12.8 Å². The monoisotopic (exact) mass is 159 g/mol. The van der Waals surface area contributed by atoms with Crippen LogP contribution in [0.3, 0.4) is 0 Å². The van der Waals surface area contributed by atoms with Crippen LogP contribution < -0.4 is 5.32 Å². The van der Waals surface area contributed by atoms with Gasteiger partial charge >= 0.3 is 0 Å². The largest absolute Gasteiger partial charge is 0.388 e. The minimum atomic E-state index is -0.958. The van der Waals surface area contributed by atoms with E-state index in [0.29, 0.717) is 0 Å². The summed E-state index contributed by atoms with van der Waals surface area (Å²) in [6.07, 6.45) is -0.826. The molecule has 64 valence electrons. The molecule has 1 saturated heterocycles. The van der Waals surface area contributed by atoms with E-state index in [4.69, 9.17) is 5.11 Å². The van der Waals surface area contributed by atoms with E-state index in [1.807, 2.05) is 0 Å². The Morgan fingerprint density at radius 3 is 2.27 bits per heavy atom. The molecule has 1 spiro atoms. The fourth-order valence-corrected chi connectivity index (χ4v) is 2.13. The van der Waals surface area contributed by atoms with Crippen molar-refractivity contribution in [2.75, 3.05) is 6.54 Å². The molecule has 1 aliphatic heterocycles. The number of aliphatic hydroxyl groups excluding tert-OH is 3. The second-order valence-corrected chi connectivity index (χ2v) is 3.45. The lowest BCUT2D eigenvalue weighted by atomic mass is 9.67. The van der Waals surface area contributed by atoms with E-state index in [0.717, 1.165) is 19.4 Å². The lowest BCUT2D eigenvalue weighted by Gasteiger charge is -2.52. The molecule has 0 bridgehead atoms. The second-order valence-electron chi connectivity index (χ2n) is 3.45. The van der Waals surface area contributed by atoms with E-state index < -0.39 is 23.9 Å². The van der Waals surface area contributed by atoms with Gasteiger partial charge < -0.3 is 20.6 Å². The van der Waals surface area contributed by atoms with Crippen molar-refractivity contribution < 1.29 is 15.3 Å². The first-order valence-electron chi connectivity index (χ1n) is 3.98. The van der Waals surface area contributed by atoms with Crippen LogP contribution in [0.25, 0.3) is 0 Å². The lowest BCUT2D eigenvalue weighted by molar-refractivity contribution is -0.211. The molecule has 4 nitrogen and oxygen atoms in total. The highest BCUT2D eigenvalue weighted by Crippen LogP contribution is 2.39. The van der Waals surface area contributed by atoms with Crippen molar-refractivity contribution in [1.29, 1.82) is 0 Å². The van der Waals surface area contributed by atoms with Gasteiger partial charge in [-0.3, -0.25) is 0 Å². The fraction of sp³-hybridized carbons (Fsp3) is 1.00. The fourth-order valence-electron chi connectivity index (χ4n) is 2.13. The first kappa shape index (κ1) is 7.49. The van der Waals surface area contributed by atoms with Gasteiger partial charge in [0.15, 0.2) is 0 Å². The zero-order valence-corrected chi connectivity index (χ0v) is 6.20. The van der Waals surface area contributed by atoms with Gasteiger partial charge in [-0.1, -0.05) is 0 Å². The molecule has 0 radical (unpaired) electrons. The molecule has 11 heavy (non-hydrogen) atoms. The smallest absolute Gasteiger partial charge is 0.110 e. The van der Waals surface area contributed by atoms with Gasteiger partial charge in [0.25, 0.3) is 0 Å². The highest BCUT2D eigenvalue weighted by molar-refractivity contribution is 5.18. The molecule has 0 aromatic heterocycles. The van der Waals surface area contributed by atoms with Crippen molar-refractivity contribution >= 4 is 0 Å². The number of hydrogen-bond acceptors (Lipinski definition) is 4. The van der Waals surface area contributed by atoms with Crippen LogP contribution in [0.15, 0.2) is 0 Å². The summed E-state index contributed by atoms with van der Waals surface area (Å²) >= 11 is 0. The summed E-state index contributed by atoms with van der Waals surface area (Å²) < 4.78 is 0. The molecule has 0 aromatic carbocycles. The highest BCUT2D eigenvalue weighted by Gasteiger charge is 2.61. The van der Waals surface area contributed by atoms with Crippen LogP contribution in [0, 0.1) is 0 Å². The van der Waals surface area contributed by atoms with E-state index in [1.165, 1.54) is 0 Å². The number of rotatable bonds is 0. The Balaban J connectivity index is 2.14. The maximum absolute atomic E-state index is 9.36. The first-order chi connectivity index (χ1) is 5.18. The summed E-state index contributed by atoms with van der Waals surface area (Å²) in [5.41, 5.74) is -0.584. The third-order valence-electron chi connectivity index (χ3n) is 2.92. The standard InChI is InChI=1S/C7H13NO3/c9-4-5(10)7(6(4)11)2-1-3-8-7/h4-6,8-11H,1-3H2/t4?,5-,6+,7?. The molecule has 1 saturated carbocycles. The Labute approximate surface area is 64.8 Å². The van der Waals surface area contributed by atoms with Crippen molar-refractivity contribution in [1.82, 2.24) is 5.32 Å². The third-order valence-corrected chi connectivity index (χ3v) is 2.92. The van der Waals surface area contributed by atoms with E-state index in [1.54, 1.807) is 0 Å². The molecule has 0 aromatic rings. The minimum absolute atomic E-state index is 0.584. The topological polar surface area (TPSA) is 72.7 Å². The molecular formula is C7H13NO3. The van der Waals surface area contributed by atoms with E-state index in [2.05, 4.69) is 5.32 Å². The zero-order chi connectivity index (χ0) is 8.06. The van der Waals surface area contributed by atoms with Crippen LogP contribution >= 0.6 is 0 Å². The summed E-state index contributed by atoms with van der Waals surface area (Å²) in [6.45, 7) is 0.820. The van der Waals surface area contributed by atoms with Crippen molar-refractivity contribution in [3.63, 3.8) is 0 Å². The number of aliphatic hydroxyl groups is 3. The SMILES string of the molecule is OC1[C@@H](O)C2(CCCN2)[C@H]1O. The first-order valence-corrected chi connectivity index (χ1v) is 3.98. The van der Waals surface area contributed by atoms with Gasteiger partial charge in [-0.2, -0.15) is 0 Å². The van der Waals surface area contributed by atoms with Crippen LogP contribution in [-0.4, -0.2) is 45.7 Å². The van der Waals surface area contributed by atoms with E-state index in [9.17, 15) is 10.2 Å².